The van der Waals surface area contributed by atoms with Gasteiger partial charge in [-0.15, -0.1) is 0 Å². The number of ether oxygens (including phenoxy) is 1. The molecule has 1 saturated heterocycles. The van der Waals surface area contributed by atoms with Crippen molar-refractivity contribution in [2.75, 3.05) is 13.7 Å². The van der Waals surface area contributed by atoms with Gasteiger partial charge in [0.2, 0.25) is 5.91 Å². The molecule has 2 N–H and O–H groups in total. The Bertz CT molecular complexity index is 555. The van der Waals surface area contributed by atoms with Crippen LogP contribution in [0.2, 0.25) is 0 Å². The third-order valence-corrected chi connectivity index (χ3v) is 3.80. The van der Waals surface area contributed by atoms with E-state index in [-0.39, 0.29) is 24.8 Å². The number of hydrogen-bond donors (Lipinski definition) is 2. The first kappa shape index (κ1) is 16.3. The third kappa shape index (κ3) is 3.06. The number of aromatic nitrogens is 1. The lowest BCUT2D eigenvalue weighted by molar-refractivity contribution is -0.149. The largest absolute Gasteiger partial charge is 0.480 e. The van der Waals surface area contributed by atoms with Crippen molar-refractivity contribution >= 4 is 11.9 Å². The maximum Gasteiger partial charge on any atom is 0.326 e. The monoisotopic (exact) mass is 312 g/mol. The fourth-order valence-corrected chi connectivity index (χ4v) is 2.72. The maximum absolute atomic E-state index is 12.8. The van der Waals surface area contributed by atoms with Crippen LogP contribution >= 0.6 is 0 Å². The Morgan fingerprint density at radius 2 is 2.18 bits per heavy atom. The summed E-state index contributed by atoms with van der Waals surface area (Å²) < 4.78 is 10.1. The Hall–Kier alpha value is -2.09. The molecule has 0 radical (unpaired) electrons. The van der Waals surface area contributed by atoms with Crippen molar-refractivity contribution in [3.05, 3.63) is 11.8 Å². The Labute approximate surface area is 127 Å². The second-order valence-corrected chi connectivity index (χ2v) is 5.73. The van der Waals surface area contributed by atoms with Crippen LogP contribution in [0.4, 0.5) is 0 Å². The number of rotatable bonds is 5. The molecule has 0 saturated carbocycles. The molecule has 1 aromatic rings. The van der Waals surface area contributed by atoms with Crippen LogP contribution in [0.3, 0.4) is 0 Å². The number of carboxylic acid groups (broad SMARTS) is 1. The van der Waals surface area contributed by atoms with Gasteiger partial charge >= 0.3 is 5.97 Å². The predicted molar refractivity (Wildman–Crippen MR) is 74.4 cm³/mol. The Morgan fingerprint density at radius 1 is 1.50 bits per heavy atom. The molecule has 1 unspecified atom stereocenters. The van der Waals surface area contributed by atoms with Crippen molar-refractivity contribution in [3.63, 3.8) is 0 Å². The lowest BCUT2D eigenvalue weighted by Gasteiger charge is -2.27. The number of carbonyl (C=O) groups is 2. The SMILES string of the molecule is COc1cc(C(C(=O)N2C[C@H](O)C[C@H]2C(=O)O)C(C)C)on1. The van der Waals surface area contributed by atoms with Gasteiger partial charge in [0.1, 0.15) is 12.0 Å². The molecule has 1 fully saturated rings. The molecule has 0 spiro atoms. The second-order valence-electron chi connectivity index (χ2n) is 5.73. The van der Waals surface area contributed by atoms with E-state index in [9.17, 15) is 19.8 Å². The topological polar surface area (TPSA) is 113 Å². The van der Waals surface area contributed by atoms with E-state index >= 15 is 0 Å². The number of aliphatic hydroxyl groups excluding tert-OH is 1. The van der Waals surface area contributed by atoms with Gasteiger partial charge in [-0.05, 0) is 11.1 Å². The number of carbonyl (C=O) groups excluding carboxylic acids is 1. The first-order valence-corrected chi connectivity index (χ1v) is 7.07. The summed E-state index contributed by atoms with van der Waals surface area (Å²) in [5, 5.41) is 22.6. The molecule has 8 nitrogen and oxygen atoms in total. The zero-order chi connectivity index (χ0) is 16.4. The van der Waals surface area contributed by atoms with Crippen molar-refractivity contribution in [1.29, 1.82) is 0 Å². The van der Waals surface area contributed by atoms with E-state index in [1.54, 1.807) is 0 Å². The van der Waals surface area contributed by atoms with Gasteiger partial charge in [0.15, 0.2) is 5.76 Å². The smallest absolute Gasteiger partial charge is 0.326 e. The van der Waals surface area contributed by atoms with E-state index in [1.165, 1.54) is 18.1 Å². The maximum atomic E-state index is 12.8. The quantitative estimate of drug-likeness (QED) is 0.812. The minimum Gasteiger partial charge on any atom is -0.480 e. The standard InChI is InChI=1S/C14H20N2O6/c1-7(2)12(10-5-11(21-3)15-22-10)13(18)16-6-8(17)4-9(16)14(19)20/h5,7-9,12,17H,4,6H2,1-3H3,(H,19,20)/t8-,9+,12?/m1/s1. The molecule has 1 aliphatic heterocycles. The zero-order valence-electron chi connectivity index (χ0n) is 12.7. The van der Waals surface area contributed by atoms with Gasteiger partial charge in [-0.2, -0.15) is 0 Å². The number of carboxylic acids is 1. The zero-order valence-corrected chi connectivity index (χ0v) is 12.7. The third-order valence-electron chi connectivity index (χ3n) is 3.80. The summed E-state index contributed by atoms with van der Waals surface area (Å²) in [5.74, 6) is -1.74. The predicted octanol–water partition coefficient (Wildman–Crippen LogP) is 0.469. The van der Waals surface area contributed by atoms with Crippen LogP contribution in [-0.4, -0.2) is 57.9 Å². The molecule has 3 atom stereocenters. The fraction of sp³-hybridized carbons (Fsp3) is 0.643. The van der Waals surface area contributed by atoms with Crippen molar-refractivity contribution in [2.45, 2.75) is 38.3 Å². The van der Waals surface area contributed by atoms with Gasteiger partial charge in [0.25, 0.3) is 5.88 Å². The molecule has 1 aliphatic rings. The van der Waals surface area contributed by atoms with Crippen molar-refractivity contribution in [1.82, 2.24) is 10.1 Å². The first-order chi connectivity index (χ1) is 10.3. The van der Waals surface area contributed by atoms with Gasteiger partial charge in [-0.3, -0.25) is 4.79 Å². The number of amides is 1. The number of likely N-dealkylation sites (tertiary alicyclic amines) is 1. The van der Waals surface area contributed by atoms with Gasteiger partial charge < -0.3 is 24.4 Å². The summed E-state index contributed by atoms with van der Waals surface area (Å²) in [4.78, 5) is 25.2. The molecule has 2 rings (SSSR count). The minimum atomic E-state index is -1.12. The fourth-order valence-electron chi connectivity index (χ4n) is 2.72. The van der Waals surface area contributed by atoms with Gasteiger partial charge in [0, 0.05) is 19.0 Å². The Kier molecular flexibility index (Phi) is 4.70. The number of hydrogen-bond acceptors (Lipinski definition) is 6. The van der Waals surface area contributed by atoms with E-state index in [2.05, 4.69) is 5.16 Å². The Morgan fingerprint density at radius 3 is 2.68 bits per heavy atom. The highest BCUT2D eigenvalue weighted by molar-refractivity contribution is 5.88. The summed E-state index contributed by atoms with van der Waals surface area (Å²) in [7, 11) is 1.44. The number of nitrogens with zero attached hydrogens (tertiary/aromatic N) is 2. The molecular formula is C14H20N2O6. The average Bonchev–Trinajstić information content (AvgIpc) is 3.05. The van der Waals surface area contributed by atoms with Gasteiger partial charge in [-0.1, -0.05) is 13.8 Å². The van der Waals surface area contributed by atoms with Crippen LogP contribution in [0, 0.1) is 5.92 Å². The number of aliphatic hydroxyl groups is 1. The molecular weight excluding hydrogens is 292 g/mol. The van der Waals surface area contributed by atoms with Crippen LogP contribution in [0.15, 0.2) is 10.6 Å². The number of methoxy groups -OCH3 is 1. The lowest BCUT2D eigenvalue weighted by atomic mass is 9.91. The second kappa shape index (κ2) is 6.35. The molecule has 8 heteroatoms. The van der Waals surface area contributed by atoms with Gasteiger partial charge in [0.05, 0.1) is 13.2 Å². The van der Waals surface area contributed by atoms with E-state index in [4.69, 9.17) is 9.26 Å². The molecule has 0 aromatic carbocycles. The summed E-state index contributed by atoms with van der Waals surface area (Å²) in [6.45, 7) is 3.67. The number of aliphatic carboxylic acids is 1. The normalized spacial score (nSPS) is 22.9. The van der Waals surface area contributed by atoms with E-state index in [1.807, 2.05) is 13.8 Å². The lowest BCUT2D eigenvalue weighted by Crippen LogP contribution is -2.44. The van der Waals surface area contributed by atoms with E-state index in [0.717, 1.165) is 0 Å². The Balaban J connectivity index is 2.28. The highest BCUT2D eigenvalue weighted by Gasteiger charge is 2.43. The summed E-state index contributed by atoms with van der Waals surface area (Å²) in [6, 6.07) is 0.499. The van der Waals surface area contributed by atoms with E-state index in [0.29, 0.717) is 5.76 Å². The van der Waals surface area contributed by atoms with Crippen molar-refractivity contribution < 1.29 is 29.1 Å². The summed E-state index contributed by atoms with van der Waals surface area (Å²) in [5.41, 5.74) is 0. The molecule has 122 valence electrons. The molecule has 1 amide bonds. The summed E-state index contributed by atoms with van der Waals surface area (Å²) in [6.07, 6.45) is -0.798. The molecule has 0 aliphatic carbocycles. The highest BCUT2D eigenvalue weighted by atomic mass is 16.5. The summed E-state index contributed by atoms with van der Waals surface area (Å²) >= 11 is 0. The highest BCUT2D eigenvalue weighted by Crippen LogP contribution is 2.32. The van der Waals surface area contributed by atoms with Crippen molar-refractivity contribution in [3.8, 4) is 5.88 Å². The van der Waals surface area contributed by atoms with Crippen LogP contribution in [0.25, 0.3) is 0 Å². The van der Waals surface area contributed by atoms with E-state index < -0.39 is 29.9 Å². The minimum absolute atomic E-state index is 0.00426. The molecule has 22 heavy (non-hydrogen) atoms. The molecule has 2 heterocycles. The van der Waals surface area contributed by atoms with Crippen LogP contribution in [-0.2, 0) is 9.59 Å². The number of β-amino-alcohol motifs (C(OH)–C–C–N with tert-alkyl or cyclic N) is 1. The molecule has 1 aromatic heterocycles. The average molecular weight is 312 g/mol. The van der Waals surface area contributed by atoms with Crippen LogP contribution in [0.5, 0.6) is 5.88 Å². The molecule has 0 bridgehead atoms. The van der Waals surface area contributed by atoms with Crippen LogP contribution < -0.4 is 4.74 Å². The van der Waals surface area contributed by atoms with Crippen molar-refractivity contribution in [2.24, 2.45) is 5.92 Å². The van der Waals surface area contributed by atoms with Crippen LogP contribution in [0.1, 0.15) is 31.9 Å². The first-order valence-electron chi connectivity index (χ1n) is 7.07. The van der Waals surface area contributed by atoms with Gasteiger partial charge in [-0.25, -0.2) is 4.79 Å².